The minimum absolute atomic E-state index is 0.786. The van der Waals surface area contributed by atoms with Crippen LogP contribution in [0.4, 0.5) is 0 Å². The quantitative estimate of drug-likeness (QED) is 0.894. The second-order valence-corrected chi connectivity index (χ2v) is 7.31. The van der Waals surface area contributed by atoms with Crippen LogP contribution in [0.5, 0.6) is 0 Å². The second-order valence-electron chi connectivity index (χ2n) is 7.31. The highest BCUT2D eigenvalue weighted by Crippen LogP contribution is 2.49. The molecular formula is C19H28N2. The van der Waals surface area contributed by atoms with Crippen LogP contribution in [0.25, 0.3) is 0 Å². The second kappa shape index (κ2) is 5.73. The molecule has 0 spiro atoms. The normalized spacial score (nSPS) is 33.8. The molecule has 1 aromatic rings. The van der Waals surface area contributed by atoms with Crippen molar-refractivity contribution >= 4 is 0 Å². The van der Waals surface area contributed by atoms with Crippen LogP contribution in [-0.2, 0) is 12.8 Å². The highest BCUT2D eigenvalue weighted by molar-refractivity contribution is 5.30. The van der Waals surface area contributed by atoms with Gasteiger partial charge in [0.1, 0.15) is 0 Å². The van der Waals surface area contributed by atoms with Gasteiger partial charge in [0.05, 0.1) is 0 Å². The van der Waals surface area contributed by atoms with Gasteiger partial charge in [0.25, 0.3) is 0 Å². The molecule has 0 radical (unpaired) electrons. The first-order chi connectivity index (χ1) is 10.4. The molecule has 0 aromatic heterocycles. The molecule has 3 aliphatic rings. The number of hydrogen-bond acceptors (Lipinski definition) is 2. The van der Waals surface area contributed by atoms with Gasteiger partial charge in [-0.3, -0.25) is 4.90 Å². The molecule has 4 atom stereocenters. The summed E-state index contributed by atoms with van der Waals surface area (Å²) >= 11 is 0. The summed E-state index contributed by atoms with van der Waals surface area (Å²) < 4.78 is 0. The Morgan fingerprint density at radius 1 is 1.14 bits per heavy atom. The average molecular weight is 284 g/mol. The van der Waals surface area contributed by atoms with Crippen molar-refractivity contribution < 1.29 is 0 Å². The number of nitrogens with zero attached hydrogens (tertiary/aromatic N) is 1. The van der Waals surface area contributed by atoms with Crippen molar-refractivity contribution in [3.05, 3.63) is 35.4 Å². The van der Waals surface area contributed by atoms with Crippen LogP contribution in [-0.4, -0.2) is 37.1 Å². The molecule has 2 nitrogen and oxygen atoms in total. The fourth-order valence-electron chi connectivity index (χ4n) is 4.79. The van der Waals surface area contributed by atoms with E-state index < -0.39 is 0 Å². The maximum absolute atomic E-state index is 3.53. The lowest BCUT2D eigenvalue weighted by atomic mass is 9.87. The molecule has 0 bridgehead atoms. The average Bonchev–Trinajstić information content (AvgIpc) is 2.95. The standard InChI is InChI=1S/C19H28N2/c1-2-9-21(13-19-17-11-20-12-18(17)19)16-8-7-14-5-3-4-6-15(14)10-16/h3-6,16-20H,2,7-13H2,1H3/t16?,17-,18?,19?/m1/s1. The summed E-state index contributed by atoms with van der Waals surface area (Å²) in [4.78, 5) is 2.83. The summed E-state index contributed by atoms with van der Waals surface area (Å²) in [6, 6.07) is 9.87. The molecule has 2 fully saturated rings. The van der Waals surface area contributed by atoms with Gasteiger partial charge in [-0.1, -0.05) is 31.2 Å². The number of rotatable bonds is 5. The van der Waals surface area contributed by atoms with E-state index in [1.807, 2.05) is 0 Å². The van der Waals surface area contributed by atoms with Crippen LogP contribution < -0.4 is 5.32 Å². The Balaban J connectivity index is 1.42. The van der Waals surface area contributed by atoms with Gasteiger partial charge in [-0.05, 0) is 74.2 Å². The molecule has 114 valence electrons. The monoisotopic (exact) mass is 284 g/mol. The van der Waals surface area contributed by atoms with Crippen LogP contribution in [0.15, 0.2) is 24.3 Å². The molecule has 3 unspecified atom stereocenters. The topological polar surface area (TPSA) is 15.3 Å². The first-order valence-electron chi connectivity index (χ1n) is 8.88. The Hall–Kier alpha value is -0.860. The van der Waals surface area contributed by atoms with E-state index in [0.717, 1.165) is 23.8 Å². The molecule has 1 N–H and O–H groups in total. The summed E-state index contributed by atoms with van der Waals surface area (Å²) in [6.45, 7) is 7.54. The van der Waals surface area contributed by atoms with E-state index in [-0.39, 0.29) is 0 Å². The minimum atomic E-state index is 0.786. The van der Waals surface area contributed by atoms with Crippen LogP contribution in [0.2, 0.25) is 0 Å². The molecule has 4 rings (SSSR count). The van der Waals surface area contributed by atoms with Crippen molar-refractivity contribution in [3.8, 4) is 0 Å². The number of benzene rings is 1. The first-order valence-corrected chi connectivity index (χ1v) is 8.88. The Morgan fingerprint density at radius 2 is 1.90 bits per heavy atom. The third kappa shape index (κ3) is 2.64. The number of aryl methyl sites for hydroxylation is 1. The molecule has 1 aromatic carbocycles. The third-order valence-corrected chi connectivity index (χ3v) is 6.06. The van der Waals surface area contributed by atoms with Crippen molar-refractivity contribution in [1.82, 2.24) is 10.2 Å². The van der Waals surface area contributed by atoms with Crippen molar-refractivity contribution in [2.24, 2.45) is 17.8 Å². The van der Waals surface area contributed by atoms with E-state index in [1.165, 1.54) is 51.9 Å². The molecule has 1 aliphatic heterocycles. The fraction of sp³-hybridized carbons (Fsp3) is 0.684. The van der Waals surface area contributed by atoms with Gasteiger partial charge in [0, 0.05) is 12.6 Å². The van der Waals surface area contributed by atoms with Gasteiger partial charge in [-0.15, -0.1) is 0 Å². The van der Waals surface area contributed by atoms with Gasteiger partial charge >= 0.3 is 0 Å². The number of nitrogens with one attached hydrogen (secondary N) is 1. The van der Waals surface area contributed by atoms with Crippen LogP contribution >= 0.6 is 0 Å². The summed E-state index contributed by atoms with van der Waals surface area (Å²) in [5, 5.41) is 3.53. The predicted molar refractivity (Wildman–Crippen MR) is 87.5 cm³/mol. The summed E-state index contributed by atoms with van der Waals surface area (Å²) in [5.74, 6) is 3.00. The van der Waals surface area contributed by atoms with Crippen LogP contribution in [0, 0.1) is 17.8 Å². The van der Waals surface area contributed by atoms with E-state index in [1.54, 1.807) is 11.1 Å². The van der Waals surface area contributed by atoms with Gasteiger partial charge in [0.15, 0.2) is 0 Å². The molecule has 2 heteroatoms. The minimum Gasteiger partial charge on any atom is -0.316 e. The zero-order valence-electron chi connectivity index (χ0n) is 13.2. The zero-order valence-corrected chi connectivity index (χ0v) is 13.2. The first kappa shape index (κ1) is 13.8. The highest BCUT2D eigenvalue weighted by Gasteiger charge is 2.53. The van der Waals surface area contributed by atoms with Crippen molar-refractivity contribution in [2.75, 3.05) is 26.2 Å². The Bertz CT molecular complexity index is 488. The van der Waals surface area contributed by atoms with Gasteiger partial charge in [0.2, 0.25) is 0 Å². The van der Waals surface area contributed by atoms with Crippen LogP contribution in [0.3, 0.4) is 0 Å². The Labute approximate surface area is 128 Å². The fourth-order valence-corrected chi connectivity index (χ4v) is 4.79. The number of hydrogen-bond donors (Lipinski definition) is 1. The van der Waals surface area contributed by atoms with Crippen molar-refractivity contribution in [1.29, 1.82) is 0 Å². The molecule has 0 amide bonds. The molecule has 2 aliphatic carbocycles. The lowest BCUT2D eigenvalue weighted by molar-refractivity contribution is 0.166. The molecule has 1 saturated carbocycles. The lowest BCUT2D eigenvalue weighted by Gasteiger charge is -2.35. The van der Waals surface area contributed by atoms with E-state index in [4.69, 9.17) is 0 Å². The van der Waals surface area contributed by atoms with Crippen LogP contribution in [0.1, 0.15) is 30.9 Å². The zero-order chi connectivity index (χ0) is 14.2. The van der Waals surface area contributed by atoms with E-state index >= 15 is 0 Å². The largest absolute Gasteiger partial charge is 0.316 e. The highest BCUT2D eigenvalue weighted by atomic mass is 15.2. The summed E-state index contributed by atoms with van der Waals surface area (Å²) in [5.41, 5.74) is 3.20. The third-order valence-electron chi connectivity index (χ3n) is 6.06. The SMILES string of the molecule is CCCN(CC1C2CNC[C@H]21)C1CCc2ccccc2C1. The smallest absolute Gasteiger partial charge is 0.0139 e. The molecular weight excluding hydrogens is 256 g/mol. The van der Waals surface area contributed by atoms with E-state index in [0.29, 0.717) is 0 Å². The summed E-state index contributed by atoms with van der Waals surface area (Å²) in [6.07, 6.45) is 5.20. The number of piperidine rings is 1. The molecule has 21 heavy (non-hydrogen) atoms. The Morgan fingerprint density at radius 3 is 2.67 bits per heavy atom. The van der Waals surface area contributed by atoms with Gasteiger partial charge in [-0.2, -0.15) is 0 Å². The number of fused-ring (bicyclic) bond motifs is 2. The lowest BCUT2D eigenvalue weighted by Crippen LogP contribution is -2.42. The van der Waals surface area contributed by atoms with Crippen molar-refractivity contribution in [3.63, 3.8) is 0 Å². The predicted octanol–water partition coefficient (Wildman–Crippen LogP) is 2.72. The summed E-state index contributed by atoms with van der Waals surface area (Å²) in [7, 11) is 0. The maximum atomic E-state index is 3.53. The van der Waals surface area contributed by atoms with E-state index in [9.17, 15) is 0 Å². The van der Waals surface area contributed by atoms with Gasteiger partial charge in [-0.25, -0.2) is 0 Å². The molecule has 1 saturated heterocycles. The maximum Gasteiger partial charge on any atom is 0.0139 e. The van der Waals surface area contributed by atoms with Crippen molar-refractivity contribution in [2.45, 2.75) is 38.6 Å². The van der Waals surface area contributed by atoms with Gasteiger partial charge < -0.3 is 5.32 Å². The molecule has 1 heterocycles. The van der Waals surface area contributed by atoms with E-state index in [2.05, 4.69) is 41.4 Å². The Kier molecular flexibility index (Phi) is 3.76.